The normalized spacial score (nSPS) is 19.9. The molecule has 30 heavy (non-hydrogen) atoms. The topological polar surface area (TPSA) is 67.2 Å². The highest BCUT2D eigenvalue weighted by Crippen LogP contribution is 2.52. The fourth-order valence-corrected chi connectivity index (χ4v) is 4.72. The molecule has 2 aliphatic heterocycles. The fourth-order valence-electron chi connectivity index (χ4n) is 4.72. The molecule has 1 N–H and O–H groups in total. The highest BCUT2D eigenvalue weighted by atomic mass is 16.2. The van der Waals surface area contributed by atoms with E-state index < -0.39 is 5.41 Å². The van der Waals surface area contributed by atoms with Crippen molar-refractivity contribution in [2.75, 3.05) is 16.8 Å². The first-order chi connectivity index (χ1) is 14.4. The summed E-state index contributed by atoms with van der Waals surface area (Å²) in [6.07, 6.45) is 1.83. The van der Waals surface area contributed by atoms with Gasteiger partial charge in [-0.25, -0.2) is 4.68 Å². The molecule has 3 heterocycles. The van der Waals surface area contributed by atoms with Crippen LogP contribution in [0.15, 0.2) is 54.7 Å². The van der Waals surface area contributed by atoms with Gasteiger partial charge >= 0.3 is 0 Å². The van der Waals surface area contributed by atoms with E-state index in [0.29, 0.717) is 18.3 Å². The third kappa shape index (κ3) is 2.53. The minimum atomic E-state index is -1.04. The van der Waals surface area contributed by atoms with Crippen molar-refractivity contribution in [3.05, 3.63) is 71.4 Å². The van der Waals surface area contributed by atoms with Gasteiger partial charge < -0.3 is 10.2 Å². The molecule has 6 heteroatoms. The maximum absolute atomic E-state index is 13.9. The van der Waals surface area contributed by atoms with Crippen LogP contribution >= 0.6 is 0 Å². The van der Waals surface area contributed by atoms with E-state index in [0.717, 1.165) is 28.1 Å². The number of nitrogens with zero attached hydrogens (tertiary/aromatic N) is 3. The van der Waals surface area contributed by atoms with Crippen LogP contribution < -0.4 is 10.2 Å². The Balaban J connectivity index is 1.76. The average molecular weight is 400 g/mol. The molecule has 0 bridgehead atoms. The van der Waals surface area contributed by atoms with E-state index in [1.807, 2.05) is 54.3 Å². The number of hydrogen-bond acceptors (Lipinski definition) is 3. The number of amides is 2. The molecule has 1 aromatic heterocycles. The molecule has 2 aromatic carbocycles. The van der Waals surface area contributed by atoms with Crippen molar-refractivity contribution in [1.82, 2.24) is 9.78 Å². The van der Waals surface area contributed by atoms with Gasteiger partial charge in [0.2, 0.25) is 11.8 Å². The molecule has 0 saturated carbocycles. The van der Waals surface area contributed by atoms with Crippen LogP contribution in [0, 0.1) is 12.8 Å². The quantitative estimate of drug-likeness (QED) is 0.727. The van der Waals surface area contributed by atoms with Gasteiger partial charge in [0.15, 0.2) is 0 Å². The van der Waals surface area contributed by atoms with Crippen LogP contribution in [0.5, 0.6) is 0 Å². The largest absolute Gasteiger partial charge is 0.311 e. The highest BCUT2D eigenvalue weighted by Gasteiger charge is 2.57. The van der Waals surface area contributed by atoms with E-state index >= 15 is 0 Å². The minimum absolute atomic E-state index is 0.0412. The molecule has 0 unspecified atom stereocenters. The maximum Gasteiger partial charge on any atom is 0.242 e. The van der Waals surface area contributed by atoms with E-state index in [1.165, 1.54) is 0 Å². The first-order valence-corrected chi connectivity index (χ1v) is 10.3. The molecule has 1 atom stereocenters. The van der Waals surface area contributed by atoms with Crippen molar-refractivity contribution in [2.45, 2.75) is 32.6 Å². The standard InChI is InChI=1S/C24H24N4O2/c1-15(2)14-27-20-10-9-16(3)11-18(20)24(23(27)30)12-21(29)26-22-19(24)13-25-28(22)17-7-5-4-6-8-17/h4-11,13,15H,12,14H2,1-3H3,(H,26,29)/t24-/m0/s1. The summed E-state index contributed by atoms with van der Waals surface area (Å²) in [6.45, 7) is 6.82. The molecule has 2 amide bonds. The van der Waals surface area contributed by atoms with Crippen molar-refractivity contribution in [3.8, 4) is 5.69 Å². The molecule has 5 rings (SSSR count). The highest BCUT2D eigenvalue weighted by molar-refractivity contribution is 6.15. The summed E-state index contributed by atoms with van der Waals surface area (Å²) in [7, 11) is 0. The number of para-hydroxylation sites is 1. The summed E-state index contributed by atoms with van der Waals surface area (Å²) in [6, 6.07) is 15.7. The van der Waals surface area contributed by atoms with E-state index in [-0.39, 0.29) is 18.2 Å². The Kier molecular flexibility index (Phi) is 4.07. The van der Waals surface area contributed by atoms with Gasteiger partial charge in [-0.2, -0.15) is 5.10 Å². The Hall–Kier alpha value is -3.41. The van der Waals surface area contributed by atoms with Crippen LogP contribution in [0.4, 0.5) is 11.5 Å². The molecule has 0 saturated heterocycles. The third-order valence-electron chi connectivity index (χ3n) is 5.97. The molecule has 6 nitrogen and oxygen atoms in total. The zero-order valence-electron chi connectivity index (χ0n) is 17.3. The summed E-state index contributed by atoms with van der Waals surface area (Å²) >= 11 is 0. The molecule has 0 radical (unpaired) electrons. The smallest absolute Gasteiger partial charge is 0.242 e. The van der Waals surface area contributed by atoms with Crippen molar-refractivity contribution < 1.29 is 9.59 Å². The third-order valence-corrected chi connectivity index (χ3v) is 5.97. The molecule has 1 spiro atoms. The number of carbonyl (C=O) groups excluding carboxylic acids is 2. The second-order valence-corrected chi connectivity index (χ2v) is 8.61. The number of aryl methyl sites for hydroxylation is 1. The van der Waals surface area contributed by atoms with Gasteiger partial charge in [-0.1, -0.05) is 49.7 Å². The monoisotopic (exact) mass is 400 g/mol. The van der Waals surface area contributed by atoms with Gasteiger partial charge in [0.25, 0.3) is 0 Å². The molecular formula is C24H24N4O2. The van der Waals surface area contributed by atoms with Gasteiger partial charge in [-0.3, -0.25) is 9.59 Å². The Morgan fingerprint density at radius 1 is 1.10 bits per heavy atom. The first kappa shape index (κ1) is 18.6. The van der Waals surface area contributed by atoms with Gasteiger partial charge in [0.1, 0.15) is 11.2 Å². The van der Waals surface area contributed by atoms with E-state index in [4.69, 9.17) is 0 Å². The number of rotatable bonds is 3. The maximum atomic E-state index is 13.9. The van der Waals surface area contributed by atoms with Crippen LogP contribution in [0.25, 0.3) is 5.69 Å². The lowest BCUT2D eigenvalue weighted by atomic mass is 9.71. The van der Waals surface area contributed by atoms with Crippen molar-refractivity contribution in [2.24, 2.45) is 5.92 Å². The number of aromatic nitrogens is 2. The van der Waals surface area contributed by atoms with E-state index in [9.17, 15) is 9.59 Å². The Morgan fingerprint density at radius 2 is 1.87 bits per heavy atom. The second-order valence-electron chi connectivity index (χ2n) is 8.61. The van der Waals surface area contributed by atoms with Gasteiger partial charge in [0, 0.05) is 24.2 Å². The number of fused-ring (bicyclic) bond motifs is 4. The summed E-state index contributed by atoms with van der Waals surface area (Å²) < 4.78 is 1.71. The predicted molar refractivity (Wildman–Crippen MR) is 116 cm³/mol. The second kappa shape index (κ2) is 6.55. The Morgan fingerprint density at radius 3 is 2.60 bits per heavy atom. The lowest BCUT2D eigenvalue weighted by molar-refractivity contribution is -0.126. The van der Waals surface area contributed by atoms with Crippen LogP contribution in [-0.4, -0.2) is 28.1 Å². The average Bonchev–Trinajstić information content (AvgIpc) is 3.23. The number of nitrogens with one attached hydrogen (secondary N) is 1. The number of benzene rings is 2. The van der Waals surface area contributed by atoms with E-state index in [2.05, 4.69) is 30.3 Å². The van der Waals surface area contributed by atoms with Crippen LogP contribution in [-0.2, 0) is 15.0 Å². The molecule has 152 valence electrons. The van der Waals surface area contributed by atoms with Crippen LogP contribution in [0.3, 0.4) is 0 Å². The summed E-state index contributed by atoms with van der Waals surface area (Å²) in [4.78, 5) is 28.7. The van der Waals surface area contributed by atoms with Crippen LogP contribution in [0.2, 0.25) is 0 Å². The summed E-state index contributed by atoms with van der Waals surface area (Å²) in [5, 5.41) is 7.54. The van der Waals surface area contributed by atoms with Crippen molar-refractivity contribution in [3.63, 3.8) is 0 Å². The zero-order valence-corrected chi connectivity index (χ0v) is 17.3. The van der Waals surface area contributed by atoms with Crippen molar-refractivity contribution in [1.29, 1.82) is 0 Å². The molecule has 3 aromatic rings. The number of hydrogen-bond donors (Lipinski definition) is 1. The Bertz CT molecular complexity index is 1170. The molecular weight excluding hydrogens is 376 g/mol. The van der Waals surface area contributed by atoms with Gasteiger partial charge in [-0.15, -0.1) is 0 Å². The minimum Gasteiger partial charge on any atom is -0.311 e. The van der Waals surface area contributed by atoms with Gasteiger partial charge in [0.05, 0.1) is 11.9 Å². The number of carbonyl (C=O) groups is 2. The SMILES string of the molecule is Cc1ccc2c(c1)[C@]1(CC(=O)Nc3c1cnn3-c1ccccc1)C(=O)N2CC(C)C. The lowest BCUT2D eigenvalue weighted by Crippen LogP contribution is -2.47. The Labute approximate surface area is 175 Å². The zero-order chi connectivity index (χ0) is 21.0. The predicted octanol–water partition coefficient (Wildman–Crippen LogP) is 3.81. The summed E-state index contributed by atoms with van der Waals surface area (Å²) in [5.41, 5.74) is 3.42. The van der Waals surface area contributed by atoms with Crippen molar-refractivity contribution >= 4 is 23.3 Å². The fraction of sp³-hybridized carbons (Fsp3) is 0.292. The number of anilines is 2. The van der Waals surface area contributed by atoms with Gasteiger partial charge in [-0.05, 0) is 36.6 Å². The molecule has 0 aliphatic carbocycles. The summed E-state index contributed by atoms with van der Waals surface area (Å²) in [5.74, 6) is 0.666. The van der Waals surface area contributed by atoms with E-state index in [1.54, 1.807) is 10.9 Å². The van der Waals surface area contributed by atoms with Crippen LogP contribution in [0.1, 0.15) is 37.0 Å². The molecule has 2 aliphatic rings. The lowest BCUT2D eigenvalue weighted by Gasteiger charge is -2.33. The first-order valence-electron chi connectivity index (χ1n) is 10.3. The molecule has 0 fully saturated rings.